The molecule has 0 aromatic carbocycles. The number of hydrogen-bond acceptors (Lipinski definition) is 3. The van der Waals surface area contributed by atoms with Gasteiger partial charge in [-0.05, 0) is 31.5 Å². The van der Waals surface area contributed by atoms with Crippen LogP contribution in [0.5, 0.6) is 0 Å². The molecule has 1 aromatic heterocycles. The molecule has 0 unspecified atom stereocenters. The van der Waals surface area contributed by atoms with Crippen LogP contribution in [0.3, 0.4) is 0 Å². The lowest BCUT2D eigenvalue weighted by Crippen LogP contribution is -2.13. The molecule has 110 valence electrons. The number of aryl methyl sites for hydroxylation is 1. The maximum Gasteiger partial charge on any atom is 0.391 e. The summed E-state index contributed by atoms with van der Waals surface area (Å²) in [7, 11) is 0. The minimum absolute atomic E-state index is 0.0741. The van der Waals surface area contributed by atoms with Gasteiger partial charge in [0.1, 0.15) is 18.1 Å². The molecule has 1 aromatic rings. The highest BCUT2D eigenvalue weighted by molar-refractivity contribution is 5.19. The molecule has 0 saturated carbocycles. The summed E-state index contributed by atoms with van der Waals surface area (Å²) >= 11 is 0. The lowest BCUT2D eigenvalue weighted by Gasteiger charge is -2.05. The Balaban J connectivity index is 2.32. The van der Waals surface area contributed by atoms with Crippen LogP contribution in [-0.4, -0.2) is 19.3 Å². The van der Waals surface area contributed by atoms with E-state index in [1.807, 2.05) is 6.92 Å². The molecule has 6 heteroatoms. The first-order valence-electron chi connectivity index (χ1n) is 6.35. The van der Waals surface area contributed by atoms with Crippen molar-refractivity contribution in [2.45, 2.75) is 46.0 Å². The molecule has 0 atom stereocenters. The molecule has 0 aliphatic heterocycles. The van der Waals surface area contributed by atoms with Crippen molar-refractivity contribution in [1.82, 2.24) is 5.32 Å². The molecule has 0 bridgehead atoms. The Morgan fingerprint density at radius 2 is 2.11 bits per heavy atom. The third-order valence-corrected chi connectivity index (χ3v) is 2.56. The van der Waals surface area contributed by atoms with Crippen LogP contribution in [0.25, 0.3) is 0 Å². The average molecular weight is 279 g/mol. The van der Waals surface area contributed by atoms with E-state index in [9.17, 15) is 13.2 Å². The number of halogens is 3. The first-order chi connectivity index (χ1) is 8.92. The van der Waals surface area contributed by atoms with Gasteiger partial charge in [-0.15, -0.1) is 0 Å². The van der Waals surface area contributed by atoms with E-state index in [0.717, 1.165) is 24.3 Å². The van der Waals surface area contributed by atoms with Crippen molar-refractivity contribution in [2.75, 3.05) is 13.2 Å². The number of hydrogen-bond donors (Lipinski definition) is 1. The Labute approximate surface area is 111 Å². The van der Waals surface area contributed by atoms with Crippen molar-refractivity contribution in [2.24, 2.45) is 0 Å². The van der Waals surface area contributed by atoms with Gasteiger partial charge in [-0.2, -0.15) is 13.2 Å². The van der Waals surface area contributed by atoms with Crippen molar-refractivity contribution in [1.29, 1.82) is 0 Å². The van der Waals surface area contributed by atoms with Gasteiger partial charge in [0.05, 0.1) is 19.6 Å². The zero-order valence-corrected chi connectivity index (χ0v) is 11.3. The summed E-state index contributed by atoms with van der Waals surface area (Å²) in [5.74, 6) is 1.37. The Morgan fingerprint density at radius 3 is 2.74 bits per heavy atom. The van der Waals surface area contributed by atoms with Gasteiger partial charge in [-0.3, -0.25) is 0 Å². The quantitative estimate of drug-likeness (QED) is 0.739. The van der Waals surface area contributed by atoms with Crippen LogP contribution in [-0.2, 0) is 17.9 Å². The topological polar surface area (TPSA) is 34.4 Å². The van der Waals surface area contributed by atoms with Gasteiger partial charge in [0.25, 0.3) is 0 Å². The lowest BCUT2D eigenvalue weighted by molar-refractivity contribution is -0.146. The van der Waals surface area contributed by atoms with Crippen LogP contribution in [0.1, 0.15) is 36.8 Å². The normalized spacial score (nSPS) is 12.1. The Bertz CT molecular complexity index is 374. The van der Waals surface area contributed by atoms with Crippen LogP contribution < -0.4 is 5.32 Å². The van der Waals surface area contributed by atoms with Crippen molar-refractivity contribution in [3.63, 3.8) is 0 Å². The third kappa shape index (κ3) is 6.63. The molecule has 1 heterocycles. The minimum atomic E-state index is -4.17. The SMILES string of the molecule is CCCNCc1oc(COCCC(F)(F)F)cc1C. The van der Waals surface area contributed by atoms with Crippen LogP contribution >= 0.6 is 0 Å². The predicted octanol–water partition coefficient (Wildman–Crippen LogP) is 3.56. The predicted molar refractivity (Wildman–Crippen MR) is 65.8 cm³/mol. The largest absolute Gasteiger partial charge is 0.462 e. The molecule has 0 spiro atoms. The smallest absolute Gasteiger partial charge is 0.391 e. The van der Waals surface area contributed by atoms with Crippen molar-refractivity contribution < 1.29 is 22.3 Å². The van der Waals surface area contributed by atoms with Crippen LogP contribution in [0.2, 0.25) is 0 Å². The Kier molecular flexibility index (Phi) is 6.37. The monoisotopic (exact) mass is 279 g/mol. The van der Waals surface area contributed by atoms with E-state index in [4.69, 9.17) is 9.15 Å². The second kappa shape index (κ2) is 7.55. The van der Waals surface area contributed by atoms with E-state index in [0.29, 0.717) is 12.3 Å². The van der Waals surface area contributed by atoms with Gasteiger partial charge < -0.3 is 14.5 Å². The van der Waals surface area contributed by atoms with Gasteiger partial charge in [0.15, 0.2) is 0 Å². The first kappa shape index (κ1) is 16.0. The highest BCUT2D eigenvalue weighted by Crippen LogP contribution is 2.20. The number of rotatable bonds is 8. The minimum Gasteiger partial charge on any atom is -0.462 e. The number of furan rings is 1. The highest BCUT2D eigenvalue weighted by Gasteiger charge is 2.26. The Hall–Kier alpha value is -1.01. The summed E-state index contributed by atoms with van der Waals surface area (Å²) in [5.41, 5.74) is 0.984. The van der Waals surface area contributed by atoms with Crippen LogP contribution in [0.4, 0.5) is 13.2 Å². The van der Waals surface area contributed by atoms with E-state index in [2.05, 4.69) is 12.2 Å². The summed E-state index contributed by atoms with van der Waals surface area (Å²) in [6, 6.07) is 1.80. The number of ether oxygens (including phenoxy) is 1. The maximum atomic E-state index is 11.9. The Morgan fingerprint density at radius 1 is 1.37 bits per heavy atom. The van der Waals surface area contributed by atoms with Gasteiger partial charge in [0, 0.05) is 0 Å². The van der Waals surface area contributed by atoms with E-state index >= 15 is 0 Å². The van der Waals surface area contributed by atoms with Crippen molar-refractivity contribution in [3.8, 4) is 0 Å². The second-order valence-corrected chi connectivity index (χ2v) is 4.41. The van der Waals surface area contributed by atoms with Crippen LogP contribution in [0.15, 0.2) is 10.5 Å². The lowest BCUT2D eigenvalue weighted by atomic mass is 10.2. The van der Waals surface area contributed by atoms with Gasteiger partial charge >= 0.3 is 6.18 Å². The van der Waals surface area contributed by atoms with Gasteiger partial charge in [-0.25, -0.2) is 0 Å². The summed E-state index contributed by atoms with van der Waals surface area (Å²) in [5, 5.41) is 3.21. The molecule has 1 rings (SSSR count). The van der Waals surface area contributed by atoms with Crippen molar-refractivity contribution >= 4 is 0 Å². The molecule has 0 aliphatic carbocycles. The standard InChI is InChI=1S/C13H20F3NO2/c1-3-5-17-8-12-10(2)7-11(19-12)9-18-6-4-13(14,15)16/h7,17H,3-6,8-9H2,1-2H3. The first-order valence-corrected chi connectivity index (χ1v) is 6.35. The number of alkyl halides is 3. The summed E-state index contributed by atoms with van der Waals surface area (Å²) in [4.78, 5) is 0. The molecule has 3 nitrogen and oxygen atoms in total. The molecule has 0 fully saturated rings. The summed E-state index contributed by atoms with van der Waals surface area (Å²) in [6.45, 7) is 5.24. The molecular weight excluding hydrogens is 259 g/mol. The van der Waals surface area contributed by atoms with Crippen molar-refractivity contribution in [3.05, 3.63) is 23.2 Å². The molecule has 0 amide bonds. The number of nitrogens with one attached hydrogen (secondary N) is 1. The van der Waals surface area contributed by atoms with E-state index < -0.39 is 12.6 Å². The fourth-order valence-electron chi connectivity index (χ4n) is 1.58. The van der Waals surface area contributed by atoms with Gasteiger partial charge in [0.2, 0.25) is 0 Å². The zero-order chi connectivity index (χ0) is 14.3. The van der Waals surface area contributed by atoms with E-state index in [1.165, 1.54) is 0 Å². The highest BCUT2D eigenvalue weighted by atomic mass is 19.4. The molecule has 0 radical (unpaired) electrons. The third-order valence-electron chi connectivity index (χ3n) is 2.56. The summed E-state index contributed by atoms with van der Waals surface area (Å²) < 4.78 is 46.2. The molecule has 19 heavy (non-hydrogen) atoms. The van der Waals surface area contributed by atoms with E-state index in [1.54, 1.807) is 6.07 Å². The summed E-state index contributed by atoms with van der Waals surface area (Å²) in [6.07, 6.45) is -4.07. The average Bonchev–Trinajstić information content (AvgIpc) is 2.65. The van der Waals surface area contributed by atoms with Gasteiger partial charge in [-0.1, -0.05) is 6.92 Å². The maximum absolute atomic E-state index is 11.9. The van der Waals surface area contributed by atoms with Crippen LogP contribution in [0, 0.1) is 6.92 Å². The molecular formula is C13H20F3NO2. The fourth-order valence-corrected chi connectivity index (χ4v) is 1.58. The molecule has 0 saturated heterocycles. The zero-order valence-electron chi connectivity index (χ0n) is 11.3. The fraction of sp³-hybridized carbons (Fsp3) is 0.692. The van der Waals surface area contributed by atoms with E-state index in [-0.39, 0.29) is 13.2 Å². The molecule has 0 aliphatic rings. The molecule has 1 N–H and O–H groups in total. The second-order valence-electron chi connectivity index (χ2n) is 4.41.